The van der Waals surface area contributed by atoms with E-state index in [1.54, 1.807) is 43.3 Å². The Morgan fingerprint density at radius 2 is 1.40 bits per heavy atom. The molecule has 40 heavy (non-hydrogen) atoms. The van der Waals surface area contributed by atoms with Crippen LogP contribution in [0.15, 0.2) is 82.6 Å². The van der Waals surface area contributed by atoms with Gasteiger partial charge in [0.1, 0.15) is 12.6 Å². The van der Waals surface area contributed by atoms with Gasteiger partial charge < -0.3 is 10.2 Å². The van der Waals surface area contributed by atoms with Gasteiger partial charge in [0.05, 0.1) is 10.6 Å². The molecule has 2 amide bonds. The number of hydrogen-bond donors (Lipinski definition) is 1. The maximum absolute atomic E-state index is 14.0. The van der Waals surface area contributed by atoms with Crippen molar-refractivity contribution < 1.29 is 18.0 Å². The van der Waals surface area contributed by atoms with Gasteiger partial charge in [-0.05, 0) is 89.8 Å². The molecule has 0 spiro atoms. The summed E-state index contributed by atoms with van der Waals surface area (Å²) in [5, 5.41) is 2.94. The lowest BCUT2D eigenvalue weighted by Crippen LogP contribution is -2.54. The molecule has 0 aliphatic carbocycles. The number of nitrogens with one attached hydrogen (secondary N) is 1. The van der Waals surface area contributed by atoms with E-state index in [1.165, 1.54) is 16.7 Å². The number of sulfonamides is 1. The lowest BCUT2D eigenvalue weighted by atomic mass is 10.1. The van der Waals surface area contributed by atoms with Crippen molar-refractivity contribution >= 4 is 39.3 Å². The van der Waals surface area contributed by atoms with E-state index in [0.717, 1.165) is 25.9 Å². The molecule has 3 aromatic rings. The third-order valence-electron chi connectivity index (χ3n) is 6.39. The van der Waals surface area contributed by atoms with Crippen molar-refractivity contribution in [2.45, 2.75) is 69.5 Å². The fourth-order valence-electron chi connectivity index (χ4n) is 4.06. The summed E-state index contributed by atoms with van der Waals surface area (Å²) >= 11 is 1.51. The molecule has 0 saturated heterocycles. The predicted molar refractivity (Wildman–Crippen MR) is 163 cm³/mol. The third-order valence-corrected chi connectivity index (χ3v) is 8.92. The van der Waals surface area contributed by atoms with Gasteiger partial charge >= 0.3 is 0 Å². The summed E-state index contributed by atoms with van der Waals surface area (Å²) in [6.45, 7) is 10.9. The van der Waals surface area contributed by atoms with E-state index in [2.05, 4.69) is 5.32 Å². The fraction of sp³-hybridized carbons (Fsp3) is 0.355. The number of carbonyl (C=O) groups is 2. The van der Waals surface area contributed by atoms with Gasteiger partial charge in [-0.3, -0.25) is 13.9 Å². The molecule has 3 aromatic carbocycles. The molecule has 1 atom stereocenters. The molecule has 9 heteroatoms. The second kappa shape index (κ2) is 12.9. The summed E-state index contributed by atoms with van der Waals surface area (Å²) in [7, 11) is -4.10. The van der Waals surface area contributed by atoms with Gasteiger partial charge in [0, 0.05) is 17.0 Å². The Kier molecular flexibility index (Phi) is 10.1. The van der Waals surface area contributed by atoms with Gasteiger partial charge in [-0.1, -0.05) is 47.5 Å². The lowest BCUT2D eigenvalue weighted by Gasteiger charge is -2.33. The highest BCUT2D eigenvalue weighted by atomic mass is 32.2. The molecular weight excluding hydrogens is 542 g/mol. The van der Waals surface area contributed by atoms with Crippen molar-refractivity contribution in [1.29, 1.82) is 0 Å². The van der Waals surface area contributed by atoms with E-state index in [1.807, 2.05) is 77.3 Å². The monoisotopic (exact) mass is 581 g/mol. The Labute approximate surface area is 243 Å². The van der Waals surface area contributed by atoms with Crippen LogP contribution in [0.2, 0.25) is 0 Å². The van der Waals surface area contributed by atoms with Crippen LogP contribution in [-0.2, 0) is 26.2 Å². The Morgan fingerprint density at radius 3 is 1.90 bits per heavy atom. The van der Waals surface area contributed by atoms with Crippen molar-refractivity contribution in [2.24, 2.45) is 0 Å². The number of carbonyl (C=O) groups excluding carboxylic acids is 2. The highest BCUT2D eigenvalue weighted by Crippen LogP contribution is 2.26. The van der Waals surface area contributed by atoms with Crippen LogP contribution in [0.5, 0.6) is 0 Å². The van der Waals surface area contributed by atoms with E-state index in [-0.39, 0.29) is 17.3 Å². The Hall–Kier alpha value is -3.30. The van der Waals surface area contributed by atoms with Crippen LogP contribution in [0.4, 0.5) is 5.69 Å². The molecule has 0 heterocycles. The first-order valence-electron chi connectivity index (χ1n) is 13.1. The number of aryl methyl sites for hydroxylation is 2. The van der Waals surface area contributed by atoms with Crippen molar-refractivity contribution in [3.8, 4) is 0 Å². The van der Waals surface area contributed by atoms with Crippen LogP contribution in [-0.4, -0.2) is 49.5 Å². The zero-order valence-corrected chi connectivity index (χ0v) is 25.9. The SMILES string of the molecule is CSc1ccc(S(=O)(=O)N(CC(=O)N(Cc2ccc(C)cc2)C(C)C(=O)NC(C)(C)C)c2ccc(C)cc2)cc1. The molecule has 1 unspecified atom stereocenters. The maximum Gasteiger partial charge on any atom is 0.264 e. The first-order chi connectivity index (χ1) is 18.7. The average Bonchev–Trinajstić information content (AvgIpc) is 2.90. The van der Waals surface area contributed by atoms with E-state index < -0.39 is 34.1 Å². The molecule has 0 fully saturated rings. The summed E-state index contributed by atoms with van der Waals surface area (Å²) in [4.78, 5) is 29.6. The van der Waals surface area contributed by atoms with Gasteiger partial charge in [0.15, 0.2) is 0 Å². The molecule has 214 valence electrons. The molecule has 0 radical (unpaired) electrons. The molecule has 0 bridgehead atoms. The van der Waals surface area contributed by atoms with Crippen LogP contribution < -0.4 is 9.62 Å². The molecule has 0 aromatic heterocycles. The highest BCUT2D eigenvalue weighted by molar-refractivity contribution is 7.98. The molecule has 1 N–H and O–H groups in total. The van der Waals surface area contributed by atoms with Crippen LogP contribution in [0.25, 0.3) is 0 Å². The number of hydrogen-bond acceptors (Lipinski definition) is 5. The first kappa shape index (κ1) is 31.2. The summed E-state index contributed by atoms with van der Waals surface area (Å²) < 4.78 is 29.0. The number of rotatable bonds is 10. The first-order valence-corrected chi connectivity index (χ1v) is 15.8. The van der Waals surface area contributed by atoms with Gasteiger partial charge in [0.2, 0.25) is 11.8 Å². The molecule has 0 aliphatic rings. The standard InChI is InChI=1S/C31H39N3O4S2/c1-22-8-12-25(13-9-22)20-33(24(3)30(36)32-31(4,5)6)29(35)21-34(26-14-10-23(2)11-15-26)40(37,38)28-18-16-27(39-7)17-19-28/h8-19,24H,20-21H2,1-7H3,(H,32,36). The van der Waals surface area contributed by atoms with Crippen molar-refractivity contribution in [3.63, 3.8) is 0 Å². The van der Waals surface area contributed by atoms with Crippen molar-refractivity contribution in [1.82, 2.24) is 10.2 Å². The number of nitrogens with zero attached hydrogens (tertiary/aromatic N) is 2. The zero-order valence-electron chi connectivity index (χ0n) is 24.3. The molecule has 7 nitrogen and oxygen atoms in total. The summed E-state index contributed by atoms with van der Waals surface area (Å²) in [6.07, 6.45) is 1.92. The number of benzene rings is 3. The van der Waals surface area contributed by atoms with Gasteiger partial charge in [-0.15, -0.1) is 11.8 Å². The topological polar surface area (TPSA) is 86.8 Å². The molecule has 3 rings (SSSR count). The number of anilines is 1. The van der Waals surface area contributed by atoms with E-state index in [0.29, 0.717) is 5.69 Å². The fourth-order valence-corrected chi connectivity index (χ4v) is 5.88. The van der Waals surface area contributed by atoms with E-state index >= 15 is 0 Å². The van der Waals surface area contributed by atoms with Crippen molar-refractivity contribution in [3.05, 3.63) is 89.5 Å². The van der Waals surface area contributed by atoms with Crippen LogP contribution in [0.1, 0.15) is 44.4 Å². The average molecular weight is 582 g/mol. The number of amides is 2. The minimum Gasteiger partial charge on any atom is -0.350 e. The third kappa shape index (κ3) is 8.11. The Morgan fingerprint density at radius 1 is 0.875 bits per heavy atom. The van der Waals surface area contributed by atoms with Gasteiger partial charge in [-0.25, -0.2) is 8.42 Å². The lowest BCUT2D eigenvalue weighted by molar-refractivity contribution is -0.140. The van der Waals surface area contributed by atoms with Gasteiger partial charge in [-0.2, -0.15) is 0 Å². The zero-order chi connectivity index (χ0) is 29.7. The maximum atomic E-state index is 14.0. The van der Waals surface area contributed by atoms with E-state index in [9.17, 15) is 18.0 Å². The van der Waals surface area contributed by atoms with Gasteiger partial charge in [0.25, 0.3) is 10.0 Å². The minimum absolute atomic E-state index is 0.0854. The summed E-state index contributed by atoms with van der Waals surface area (Å²) in [5.41, 5.74) is 2.75. The quantitative estimate of drug-likeness (QED) is 0.317. The molecule has 0 aliphatic heterocycles. The second-order valence-electron chi connectivity index (χ2n) is 10.9. The highest BCUT2D eigenvalue weighted by Gasteiger charge is 2.33. The normalized spacial score (nSPS) is 12.5. The minimum atomic E-state index is -4.10. The van der Waals surface area contributed by atoms with Crippen LogP contribution >= 0.6 is 11.8 Å². The molecular formula is C31H39N3O4S2. The van der Waals surface area contributed by atoms with Crippen LogP contribution in [0, 0.1) is 13.8 Å². The van der Waals surface area contributed by atoms with Crippen LogP contribution in [0.3, 0.4) is 0 Å². The predicted octanol–water partition coefficient (Wildman–Crippen LogP) is 5.55. The van der Waals surface area contributed by atoms with Crippen molar-refractivity contribution in [2.75, 3.05) is 17.1 Å². The smallest absolute Gasteiger partial charge is 0.264 e. The number of thioether (sulfide) groups is 1. The molecule has 0 saturated carbocycles. The largest absolute Gasteiger partial charge is 0.350 e. The Balaban J connectivity index is 2.03. The summed E-state index contributed by atoms with van der Waals surface area (Å²) in [6, 6.07) is 20.5. The van der Waals surface area contributed by atoms with E-state index in [4.69, 9.17) is 0 Å². The second-order valence-corrected chi connectivity index (χ2v) is 13.7. The summed E-state index contributed by atoms with van der Waals surface area (Å²) in [5.74, 6) is -0.799. The Bertz CT molecular complexity index is 1410.